The molecule has 0 aliphatic heterocycles. The van der Waals surface area contributed by atoms with E-state index in [1.807, 2.05) is 0 Å². The van der Waals surface area contributed by atoms with Crippen LogP contribution in [0.3, 0.4) is 0 Å². The molecule has 1 aromatic rings. The number of aliphatic carboxylic acids is 1. The molecule has 1 rings (SSSR count). The number of rotatable bonds is 6. The Hall–Kier alpha value is -1.43. The molecule has 0 saturated heterocycles. The third kappa shape index (κ3) is 3.56. The molecule has 4 nitrogen and oxygen atoms in total. The zero-order valence-corrected chi connectivity index (χ0v) is 12.9. The highest BCUT2D eigenvalue weighted by atomic mass is 79.9. The molecule has 6 heteroatoms. The van der Waals surface area contributed by atoms with E-state index < -0.39 is 23.2 Å². The molecule has 1 N–H and O–H groups in total. The van der Waals surface area contributed by atoms with Crippen molar-refractivity contribution in [1.82, 2.24) is 0 Å². The minimum absolute atomic E-state index is 0.0648. The first-order chi connectivity index (χ1) is 9.35. The Bertz CT molecular complexity index is 498. The SMILES string of the molecule is CCOC(=O)C(CC)(Cc1cc(F)cc(Br)c1)C(=O)O. The molecular weight excluding hydrogens is 331 g/mol. The van der Waals surface area contributed by atoms with Gasteiger partial charge in [-0.15, -0.1) is 0 Å². The second-order valence-corrected chi connectivity index (χ2v) is 5.33. The summed E-state index contributed by atoms with van der Waals surface area (Å²) in [4.78, 5) is 23.5. The zero-order chi connectivity index (χ0) is 15.3. The van der Waals surface area contributed by atoms with Crippen LogP contribution in [0.25, 0.3) is 0 Å². The van der Waals surface area contributed by atoms with Crippen LogP contribution >= 0.6 is 15.9 Å². The number of halogens is 2. The fraction of sp³-hybridized carbons (Fsp3) is 0.429. The van der Waals surface area contributed by atoms with Crippen molar-refractivity contribution in [1.29, 1.82) is 0 Å². The number of benzene rings is 1. The molecule has 20 heavy (non-hydrogen) atoms. The summed E-state index contributed by atoms with van der Waals surface area (Å²) in [6.45, 7) is 3.30. The quantitative estimate of drug-likeness (QED) is 0.634. The number of hydrogen-bond donors (Lipinski definition) is 1. The standard InChI is InChI=1S/C14H16BrFO4/c1-3-14(12(17)18,13(19)20-4-2)8-9-5-10(15)7-11(16)6-9/h5-7H,3-4,8H2,1-2H3,(H,17,18). The lowest BCUT2D eigenvalue weighted by atomic mass is 9.79. The third-order valence-corrected chi connectivity index (χ3v) is 3.57. The van der Waals surface area contributed by atoms with Gasteiger partial charge in [-0.1, -0.05) is 22.9 Å². The predicted octanol–water partition coefficient (Wildman–Crippen LogP) is 3.17. The first-order valence-electron chi connectivity index (χ1n) is 6.21. The molecular formula is C14H16BrFO4. The minimum atomic E-state index is -1.69. The fourth-order valence-electron chi connectivity index (χ4n) is 1.99. The summed E-state index contributed by atoms with van der Waals surface area (Å²) in [5.74, 6) is -2.55. The number of esters is 1. The summed E-state index contributed by atoms with van der Waals surface area (Å²) in [6.07, 6.45) is -0.0523. The van der Waals surface area contributed by atoms with Gasteiger partial charge in [0.05, 0.1) is 6.61 Å². The maximum absolute atomic E-state index is 13.4. The largest absolute Gasteiger partial charge is 0.480 e. The summed E-state index contributed by atoms with van der Waals surface area (Å²) in [5.41, 5.74) is -1.27. The van der Waals surface area contributed by atoms with Crippen molar-refractivity contribution in [3.63, 3.8) is 0 Å². The van der Waals surface area contributed by atoms with Gasteiger partial charge in [0.2, 0.25) is 0 Å². The molecule has 0 saturated carbocycles. The van der Waals surface area contributed by atoms with Gasteiger partial charge >= 0.3 is 11.9 Å². The first-order valence-corrected chi connectivity index (χ1v) is 7.00. The average Bonchev–Trinajstić information content (AvgIpc) is 2.34. The van der Waals surface area contributed by atoms with Crippen LogP contribution in [-0.4, -0.2) is 23.7 Å². The van der Waals surface area contributed by atoms with Crippen LogP contribution in [0, 0.1) is 11.2 Å². The van der Waals surface area contributed by atoms with Crippen LogP contribution in [0.2, 0.25) is 0 Å². The van der Waals surface area contributed by atoms with Crippen LogP contribution in [0.1, 0.15) is 25.8 Å². The maximum atomic E-state index is 13.4. The van der Waals surface area contributed by atoms with E-state index in [1.165, 1.54) is 12.1 Å². The number of carbonyl (C=O) groups excluding carboxylic acids is 1. The lowest BCUT2D eigenvalue weighted by Crippen LogP contribution is -2.42. The second kappa shape index (κ2) is 6.83. The monoisotopic (exact) mass is 346 g/mol. The van der Waals surface area contributed by atoms with Crippen molar-refractivity contribution in [2.75, 3.05) is 6.61 Å². The number of hydrogen-bond acceptors (Lipinski definition) is 3. The summed E-state index contributed by atoms with van der Waals surface area (Å²) < 4.78 is 18.7. The average molecular weight is 347 g/mol. The molecule has 0 aliphatic rings. The van der Waals surface area contributed by atoms with E-state index in [1.54, 1.807) is 19.9 Å². The van der Waals surface area contributed by atoms with Crippen molar-refractivity contribution >= 4 is 27.9 Å². The Morgan fingerprint density at radius 1 is 1.35 bits per heavy atom. The van der Waals surface area contributed by atoms with E-state index in [4.69, 9.17) is 4.74 Å². The lowest BCUT2D eigenvalue weighted by molar-refractivity contribution is -0.168. The van der Waals surface area contributed by atoms with E-state index in [0.29, 0.717) is 10.0 Å². The van der Waals surface area contributed by atoms with Gasteiger partial charge in [-0.25, -0.2) is 4.39 Å². The summed E-state index contributed by atoms with van der Waals surface area (Å²) in [6, 6.07) is 4.08. The Kier molecular flexibility index (Phi) is 5.68. The van der Waals surface area contributed by atoms with E-state index in [-0.39, 0.29) is 19.4 Å². The number of carboxylic acids is 1. The second-order valence-electron chi connectivity index (χ2n) is 4.42. The van der Waals surface area contributed by atoms with Crippen molar-refractivity contribution < 1.29 is 23.8 Å². The van der Waals surface area contributed by atoms with Crippen molar-refractivity contribution in [3.05, 3.63) is 34.1 Å². The smallest absolute Gasteiger partial charge is 0.323 e. The number of carboxylic acid groups (broad SMARTS) is 1. The topological polar surface area (TPSA) is 63.6 Å². The fourth-order valence-corrected chi connectivity index (χ4v) is 2.50. The van der Waals surface area contributed by atoms with Crippen molar-refractivity contribution in [2.45, 2.75) is 26.7 Å². The molecule has 110 valence electrons. The molecule has 1 atom stereocenters. The molecule has 0 aromatic heterocycles. The Morgan fingerprint density at radius 2 is 2.00 bits per heavy atom. The molecule has 1 unspecified atom stereocenters. The van der Waals surface area contributed by atoms with Crippen molar-refractivity contribution in [2.24, 2.45) is 5.41 Å². The number of carbonyl (C=O) groups is 2. The van der Waals surface area contributed by atoms with Gasteiger partial charge in [0.1, 0.15) is 5.82 Å². The highest BCUT2D eigenvalue weighted by Crippen LogP contribution is 2.31. The van der Waals surface area contributed by atoms with E-state index in [9.17, 15) is 19.1 Å². The number of ether oxygens (including phenoxy) is 1. The van der Waals surface area contributed by atoms with Crippen LogP contribution in [-0.2, 0) is 20.7 Å². The molecule has 0 aliphatic carbocycles. The normalized spacial score (nSPS) is 13.6. The molecule has 1 aromatic carbocycles. The predicted molar refractivity (Wildman–Crippen MR) is 74.8 cm³/mol. The Morgan fingerprint density at radius 3 is 2.45 bits per heavy atom. The van der Waals surface area contributed by atoms with Crippen LogP contribution in [0.4, 0.5) is 4.39 Å². The van der Waals surface area contributed by atoms with Gasteiger partial charge in [0.25, 0.3) is 0 Å². The molecule has 0 fully saturated rings. The van der Waals surface area contributed by atoms with Gasteiger partial charge < -0.3 is 9.84 Å². The highest BCUT2D eigenvalue weighted by Gasteiger charge is 2.46. The zero-order valence-electron chi connectivity index (χ0n) is 11.3. The molecule has 0 radical (unpaired) electrons. The van der Waals surface area contributed by atoms with Crippen molar-refractivity contribution in [3.8, 4) is 0 Å². The highest BCUT2D eigenvalue weighted by molar-refractivity contribution is 9.10. The first kappa shape index (κ1) is 16.6. The van der Waals surface area contributed by atoms with Crippen LogP contribution in [0.15, 0.2) is 22.7 Å². The molecule has 0 amide bonds. The van der Waals surface area contributed by atoms with Gasteiger partial charge in [0, 0.05) is 4.47 Å². The Balaban J connectivity index is 3.18. The summed E-state index contributed by atoms with van der Waals surface area (Å²) in [5, 5.41) is 9.41. The summed E-state index contributed by atoms with van der Waals surface area (Å²) >= 11 is 3.14. The van der Waals surface area contributed by atoms with Crippen LogP contribution < -0.4 is 0 Å². The molecule has 0 bridgehead atoms. The molecule has 0 spiro atoms. The van der Waals surface area contributed by atoms with E-state index in [2.05, 4.69) is 15.9 Å². The van der Waals surface area contributed by atoms with Crippen LogP contribution in [0.5, 0.6) is 0 Å². The minimum Gasteiger partial charge on any atom is -0.480 e. The maximum Gasteiger partial charge on any atom is 0.323 e. The van der Waals surface area contributed by atoms with Gasteiger partial charge in [-0.3, -0.25) is 9.59 Å². The Labute approximate surface area is 125 Å². The van der Waals surface area contributed by atoms with E-state index in [0.717, 1.165) is 0 Å². The van der Waals surface area contributed by atoms with Gasteiger partial charge in [-0.05, 0) is 43.5 Å². The van der Waals surface area contributed by atoms with Gasteiger partial charge in [0.15, 0.2) is 5.41 Å². The van der Waals surface area contributed by atoms with Gasteiger partial charge in [-0.2, -0.15) is 0 Å². The van der Waals surface area contributed by atoms with E-state index >= 15 is 0 Å². The lowest BCUT2D eigenvalue weighted by Gasteiger charge is -2.25. The molecule has 0 heterocycles. The summed E-state index contributed by atoms with van der Waals surface area (Å²) in [7, 11) is 0. The third-order valence-electron chi connectivity index (χ3n) is 3.11.